The van der Waals surface area contributed by atoms with Gasteiger partial charge in [0.1, 0.15) is 0 Å². The van der Waals surface area contributed by atoms with E-state index in [-0.39, 0.29) is 0 Å². The maximum Gasteiger partial charge on any atom is 0.0348 e. The molecule has 1 unspecified atom stereocenters. The first-order valence-corrected chi connectivity index (χ1v) is 13.9. The first kappa shape index (κ1) is 21.9. The summed E-state index contributed by atoms with van der Waals surface area (Å²) in [6.45, 7) is 3.33. The number of benzene rings is 2. The first-order chi connectivity index (χ1) is 15.8. The molecule has 1 saturated carbocycles. The van der Waals surface area contributed by atoms with Gasteiger partial charge in [-0.1, -0.05) is 85.5 Å². The number of fused-ring (bicyclic) bond motifs is 2. The van der Waals surface area contributed by atoms with Crippen LogP contribution in [0.1, 0.15) is 73.6 Å². The summed E-state index contributed by atoms with van der Waals surface area (Å²) in [5.41, 5.74) is 8.44. The molecule has 2 fully saturated rings. The van der Waals surface area contributed by atoms with Crippen LogP contribution in [-0.4, -0.2) is 39.7 Å². The number of piperidine rings is 1. The Hall–Kier alpha value is -1.97. The second-order valence-corrected chi connectivity index (χ2v) is 11.4. The van der Waals surface area contributed by atoms with Crippen LogP contribution in [0.3, 0.4) is 0 Å². The highest BCUT2D eigenvalue weighted by Crippen LogP contribution is 2.38. The summed E-state index contributed by atoms with van der Waals surface area (Å²) in [4.78, 5) is 2.59. The van der Waals surface area contributed by atoms with Crippen LogP contribution in [0.2, 0.25) is 0 Å². The molecule has 2 nitrogen and oxygen atoms in total. The van der Waals surface area contributed by atoms with Crippen molar-refractivity contribution >= 4 is 28.5 Å². The quantitative estimate of drug-likeness (QED) is 0.444. The predicted molar refractivity (Wildman–Crippen MR) is 138 cm³/mol. The molecule has 0 aromatic heterocycles. The molecule has 5 rings (SSSR count). The summed E-state index contributed by atoms with van der Waals surface area (Å²) in [6, 6.07) is 17.7. The lowest BCUT2D eigenvalue weighted by Crippen LogP contribution is -2.33. The fourth-order valence-electron chi connectivity index (χ4n) is 5.67. The van der Waals surface area contributed by atoms with Crippen molar-refractivity contribution in [2.45, 2.75) is 56.6 Å². The van der Waals surface area contributed by atoms with E-state index in [2.05, 4.69) is 65.6 Å². The molecule has 0 radical (unpaired) electrons. The van der Waals surface area contributed by atoms with E-state index in [0.717, 1.165) is 44.6 Å². The lowest BCUT2D eigenvalue weighted by molar-refractivity contribution is 0.258. The fraction of sp³-hybridized carbons (Fsp3) is 0.448. The lowest BCUT2D eigenvalue weighted by atomic mass is 9.86. The van der Waals surface area contributed by atoms with Crippen molar-refractivity contribution < 1.29 is 4.21 Å². The maximum atomic E-state index is 12.6. The summed E-state index contributed by atoms with van der Waals surface area (Å²) in [5, 5.41) is 0.477. The molecule has 0 spiro atoms. The maximum absolute atomic E-state index is 12.6. The number of rotatable bonds is 5. The highest BCUT2D eigenvalue weighted by Gasteiger charge is 2.23. The smallest absolute Gasteiger partial charge is 0.0348 e. The van der Waals surface area contributed by atoms with E-state index in [9.17, 15) is 4.21 Å². The Morgan fingerprint density at radius 1 is 0.812 bits per heavy atom. The summed E-state index contributed by atoms with van der Waals surface area (Å²) in [5.74, 6) is 0.890. The molecular formula is C29H35NOS. The molecule has 0 amide bonds. The predicted octanol–water partition coefficient (Wildman–Crippen LogP) is 6.54. The van der Waals surface area contributed by atoms with Gasteiger partial charge >= 0.3 is 0 Å². The standard InChI is InChI=1S/C29H35NOS/c31-32(26-11-2-1-3-12-26)22-8-19-30-20-17-25(18-21-30)29-27-13-6-4-9-23(27)15-16-24-10-5-7-14-28(24)29/h4-7,9-10,13-16,26H,1-3,8,11-12,17-22H2. The third kappa shape index (κ3) is 4.84. The summed E-state index contributed by atoms with van der Waals surface area (Å²) in [7, 11) is -0.616. The fourth-order valence-corrected chi connectivity index (χ4v) is 7.27. The van der Waals surface area contributed by atoms with E-state index in [1.165, 1.54) is 59.9 Å². The van der Waals surface area contributed by atoms with Gasteiger partial charge in [0.25, 0.3) is 0 Å². The summed E-state index contributed by atoms with van der Waals surface area (Å²) >= 11 is 0. The number of hydrogen-bond acceptors (Lipinski definition) is 2. The minimum atomic E-state index is -0.616. The Labute approximate surface area is 195 Å². The van der Waals surface area contributed by atoms with E-state index in [4.69, 9.17) is 0 Å². The molecule has 3 aliphatic rings. The monoisotopic (exact) mass is 445 g/mol. The zero-order chi connectivity index (χ0) is 21.8. The van der Waals surface area contributed by atoms with E-state index in [1.54, 1.807) is 5.57 Å². The minimum Gasteiger partial charge on any atom is -0.303 e. The molecule has 1 atom stereocenters. The van der Waals surface area contributed by atoms with Gasteiger partial charge in [-0.05, 0) is 66.5 Å². The van der Waals surface area contributed by atoms with Gasteiger partial charge in [0.2, 0.25) is 0 Å². The van der Waals surface area contributed by atoms with Crippen molar-refractivity contribution in [2.75, 3.05) is 25.4 Å². The number of likely N-dealkylation sites (tertiary alicyclic amines) is 1. The van der Waals surface area contributed by atoms with Gasteiger partial charge < -0.3 is 4.90 Å². The topological polar surface area (TPSA) is 20.3 Å². The number of hydrogen-bond donors (Lipinski definition) is 0. The largest absolute Gasteiger partial charge is 0.303 e. The van der Waals surface area contributed by atoms with Crippen LogP contribution in [0.25, 0.3) is 17.7 Å². The van der Waals surface area contributed by atoms with Crippen molar-refractivity contribution in [2.24, 2.45) is 0 Å². The van der Waals surface area contributed by atoms with Gasteiger partial charge in [-0.2, -0.15) is 0 Å². The molecular weight excluding hydrogens is 410 g/mol. The van der Waals surface area contributed by atoms with Crippen LogP contribution in [0.5, 0.6) is 0 Å². The molecule has 1 heterocycles. The Morgan fingerprint density at radius 2 is 1.41 bits per heavy atom. The molecule has 2 aromatic rings. The highest BCUT2D eigenvalue weighted by molar-refractivity contribution is 7.85. The lowest BCUT2D eigenvalue weighted by Gasteiger charge is -2.30. The second-order valence-electron chi connectivity index (χ2n) is 9.53. The first-order valence-electron chi connectivity index (χ1n) is 12.5. The van der Waals surface area contributed by atoms with Crippen LogP contribution in [-0.2, 0) is 10.8 Å². The van der Waals surface area contributed by atoms with Crippen molar-refractivity contribution in [1.82, 2.24) is 4.90 Å². The zero-order valence-corrected chi connectivity index (χ0v) is 19.9. The van der Waals surface area contributed by atoms with Crippen molar-refractivity contribution in [3.8, 4) is 0 Å². The van der Waals surface area contributed by atoms with Crippen LogP contribution >= 0.6 is 0 Å². The third-order valence-electron chi connectivity index (χ3n) is 7.46. The summed E-state index contributed by atoms with van der Waals surface area (Å²) in [6.07, 6.45) is 14.1. The molecule has 3 heteroatoms. The number of nitrogens with zero attached hydrogens (tertiary/aromatic N) is 1. The second kappa shape index (κ2) is 10.3. The molecule has 1 saturated heterocycles. The van der Waals surface area contributed by atoms with E-state index in [1.807, 2.05) is 0 Å². The normalized spacial score (nSPS) is 20.5. The molecule has 0 bridgehead atoms. The van der Waals surface area contributed by atoms with Gasteiger partial charge in [-0.15, -0.1) is 0 Å². The molecule has 0 N–H and O–H groups in total. The van der Waals surface area contributed by atoms with Gasteiger partial charge in [0.15, 0.2) is 0 Å². The van der Waals surface area contributed by atoms with E-state index >= 15 is 0 Å². The molecule has 2 aliphatic carbocycles. The van der Waals surface area contributed by atoms with Gasteiger partial charge in [0.05, 0.1) is 0 Å². The average molecular weight is 446 g/mol. The van der Waals surface area contributed by atoms with Crippen molar-refractivity contribution in [3.05, 3.63) is 76.4 Å². The van der Waals surface area contributed by atoms with Gasteiger partial charge in [-0.25, -0.2) is 0 Å². The van der Waals surface area contributed by atoms with E-state index < -0.39 is 10.8 Å². The SMILES string of the molecule is O=S(CCCN1CCC(=C2c3ccccc3C=Cc3ccccc32)CC1)C1CCCCC1. The van der Waals surface area contributed by atoms with Gasteiger partial charge in [0, 0.05) is 34.9 Å². The third-order valence-corrected chi connectivity index (χ3v) is 9.37. The Bertz CT molecular complexity index is 969. The minimum absolute atomic E-state index is 0.477. The Balaban J connectivity index is 1.26. The molecule has 2 aromatic carbocycles. The van der Waals surface area contributed by atoms with Gasteiger partial charge in [-0.3, -0.25) is 4.21 Å². The molecule has 32 heavy (non-hydrogen) atoms. The Morgan fingerprint density at radius 3 is 2.03 bits per heavy atom. The van der Waals surface area contributed by atoms with Crippen LogP contribution in [0, 0.1) is 0 Å². The van der Waals surface area contributed by atoms with Crippen LogP contribution < -0.4 is 0 Å². The Kier molecular flexibility index (Phi) is 7.04. The molecule has 1 aliphatic heterocycles. The van der Waals surface area contributed by atoms with Crippen molar-refractivity contribution in [1.29, 1.82) is 0 Å². The van der Waals surface area contributed by atoms with Crippen molar-refractivity contribution in [3.63, 3.8) is 0 Å². The molecule has 168 valence electrons. The van der Waals surface area contributed by atoms with E-state index in [0.29, 0.717) is 5.25 Å². The van der Waals surface area contributed by atoms with Crippen LogP contribution in [0.15, 0.2) is 54.1 Å². The van der Waals surface area contributed by atoms with Crippen LogP contribution in [0.4, 0.5) is 0 Å². The summed E-state index contributed by atoms with van der Waals surface area (Å²) < 4.78 is 12.6. The average Bonchev–Trinajstić information content (AvgIpc) is 3.02. The zero-order valence-electron chi connectivity index (χ0n) is 19.1. The highest BCUT2D eigenvalue weighted by atomic mass is 32.2.